The lowest BCUT2D eigenvalue weighted by atomic mass is 10.1. The molecule has 0 unspecified atom stereocenters. The Morgan fingerprint density at radius 2 is 2.07 bits per heavy atom. The molecule has 0 radical (unpaired) electrons. The van der Waals surface area contributed by atoms with Gasteiger partial charge in [0.15, 0.2) is 5.69 Å². The molecule has 2 amide bonds. The molecule has 2 aromatic rings. The lowest BCUT2D eigenvalue weighted by Gasteiger charge is -2.24. The Morgan fingerprint density at radius 3 is 2.72 bits per heavy atom. The molecule has 1 aromatic heterocycles. The van der Waals surface area contributed by atoms with Crippen molar-refractivity contribution in [1.82, 2.24) is 25.2 Å². The van der Waals surface area contributed by atoms with Crippen molar-refractivity contribution < 1.29 is 27.8 Å². The van der Waals surface area contributed by atoms with Crippen molar-refractivity contribution in [1.29, 1.82) is 0 Å². The van der Waals surface area contributed by atoms with Gasteiger partial charge in [0.2, 0.25) is 0 Å². The average Bonchev–Trinajstić information content (AvgIpc) is 3.30. The van der Waals surface area contributed by atoms with Gasteiger partial charge in [0.1, 0.15) is 11.5 Å². The van der Waals surface area contributed by atoms with Crippen molar-refractivity contribution in [3.8, 4) is 11.5 Å². The zero-order chi connectivity index (χ0) is 21.2. The van der Waals surface area contributed by atoms with Crippen LogP contribution in [0.3, 0.4) is 0 Å². The molecule has 2 heterocycles. The topological polar surface area (TPSA) is 98.6 Å². The summed E-state index contributed by atoms with van der Waals surface area (Å²) in [5.74, 6) is -3.36. The summed E-state index contributed by atoms with van der Waals surface area (Å²) in [7, 11) is 4.30. The first-order chi connectivity index (χ1) is 13.8. The molecule has 1 aliphatic rings. The van der Waals surface area contributed by atoms with Crippen LogP contribution in [-0.4, -0.2) is 71.5 Å². The normalized spacial score (nSPS) is 17.8. The first-order valence-electron chi connectivity index (χ1n) is 8.81. The fourth-order valence-corrected chi connectivity index (χ4v) is 3.26. The predicted octanol–water partition coefficient (Wildman–Crippen LogP) is 1.20. The molecule has 3 rings (SSSR count). The summed E-state index contributed by atoms with van der Waals surface area (Å²) in [6, 6.07) is 3.73. The number of likely N-dealkylation sites (tertiary alicyclic amines) is 1. The molecule has 1 aromatic carbocycles. The molecule has 11 heteroatoms. The van der Waals surface area contributed by atoms with Crippen LogP contribution in [0.2, 0.25) is 0 Å². The fourth-order valence-electron chi connectivity index (χ4n) is 3.26. The Labute approximate surface area is 165 Å². The van der Waals surface area contributed by atoms with Crippen molar-refractivity contribution in [2.75, 3.05) is 27.8 Å². The zero-order valence-electron chi connectivity index (χ0n) is 16.2. The molecule has 0 aliphatic carbocycles. The van der Waals surface area contributed by atoms with Crippen LogP contribution in [0.1, 0.15) is 27.3 Å². The third-order valence-corrected chi connectivity index (χ3v) is 4.67. The number of benzene rings is 1. The molecule has 9 nitrogen and oxygen atoms in total. The van der Waals surface area contributed by atoms with Crippen LogP contribution in [0.15, 0.2) is 24.4 Å². The van der Waals surface area contributed by atoms with Crippen molar-refractivity contribution in [3.63, 3.8) is 0 Å². The van der Waals surface area contributed by atoms with Crippen LogP contribution in [0.5, 0.6) is 11.5 Å². The number of halogens is 2. The number of ether oxygens (including phenoxy) is 2. The second-order valence-corrected chi connectivity index (χ2v) is 6.62. The Kier molecular flexibility index (Phi) is 5.66. The third kappa shape index (κ3) is 4.28. The van der Waals surface area contributed by atoms with Crippen molar-refractivity contribution in [2.24, 2.45) is 0 Å². The molecular weight excluding hydrogens is 388 g/mol. The number of carbonyl (C=O) groups is 2. The van der Waals surface area contributed by atoms with Gasteiger partial charge in [0, 0.05) is 19.5 Å². The van der Waals surface area contributed by atoms with Gasteiger partial charge in [0.25, 0.3) is 17.7 Å². The smallest absolute Gasteiger partial charge is 0.273 e. The minimum absolute atomic E-state index is 0.0240. The molecule has 1 aliphatic heterocycles. The SMILES string of the molecule is CNC(=O)c1cn(C[C@@H]2CC(F)(F)CN2C(=O)c2ccc(OC)cc2OC)nn1. The molecule has 0 spiro atoms. The Morgan fingerprint density at radius 1 is 1.31 bits per heavy atom. The summed E-state index contributed by atoms with van der Waals surface area (Å²) >= 11 is 0. The van der Waals surface area contributed by atoms with Gasteiger partial charge in [-0.25, -0.2) is 13.5 Å². The molecule has 1 atom stereocenters. The Bertz CT molecular complexity index is 917. The third-order valence-electron chi connectivity index (χ3n) is 4.67. The van der Waals surface area contributed by atoms with Gasteiger partial charge in [-0.1, -0.05) is 5.21 Å². The molecule has 0 bridgehead atoms. The number of nitrogens with zero attached hydrogens (tertiary/aromatic N) is 4. The van der Waals surface area contributed by atoms with E-state index in [1.54, 1.807) is 6.07 Å². The van der Waals surface area contributed by atoms with Crippen LogP contribution in [0.4, 0.5) is 8.78 Å². The number of alkyl halides is 2. The number of carbonyl (C=O) groups excluding carboxylic acids is 2. The second kappa shape index (κ2) is 8.02. The summed E-state index contributed by atoms with van der Waals surface area (Å²) in [5.41, 5.74) is 0.215. The Hall–Kier alpha value is -3.24. The highest BCUT2D eigenvalue weighted by atomic mass is 19.3. The molecule has 156 valence electrons. The van der Waals surface area contributed by atoms with Gasteiger partial charge in [-0.05, 0) is 12.1 Å². The van der Waals surface area contributed by atoms with Crippen LogP contribution in [0, 0.1) is 0 Å². The molecule has 1 N–H and O–H groups in total. The number of rotatable bonds is 6. The summed E-state index contributed by atoms with van der Waals surface area (Å²) < 4.78 is 39.9. The van der Waals surface area contributed by atoms with Crippen molar-refractivity contribution in [2.45, 2.75) is 24.9 Å². The quantitative estimate of drug-likeness (QED) is 0.770. The van der Waals surface area contributed by atoms with E-state index >= 15 is 0 Å². The molecule has 29 heavy (non-hydrogen) atoms. The number of amides is 2. The van der Waals surface area contributed by atoms with Crippen LogP contribution < -0.4 is 14.8 Å². The van der Waals surface area contributed by atoms with E-state index in [-0.39, 0.29) is 23.6 Å². The van der Waals surface area contributed by atoms with Crippen molar-refractivity contribution >= 4 is 11.8 Å². The highest BCUT2D eigenvalue weighted by Crippen LogP contribution is 2.35. The van der Waals surface area contributed by atoms with Gasteiger partial charge < -0.3 is 19.7 Å². The number of hydrogen-bond acceptors (Lipinski definition) is 6. The zero-order valence-corrected chi connectivity index (χ0v) is 16.2. The maximum absolute atomic E-state index is 14.2. The maximum Gasteiger partial charge on any atom is 0.273 e. The predicted molar refractivity (Wildman–Crippen MR) is 97.3 cm³/mol. The van der Waals surface area contributed by atoms with Crippen LogP contribution >= 0.6 is 0 Å². The van der Waals surface area contributed by atoms with Gasteiger partial charge in [-0.15, -0.1) is 5.10 Å². The van der Waals surface area contributed by atoms with E-state index in [1.807, 2.05) is 0 Å². The van der Waals surface area contributed by atoms with E-state index in [4.69, 9.17) is 9.47 Å². The first kappa shape index (κ1) is 20.5. The van der Waals surface area contributed by atoms with Gasteiger partial charge >= 0.3 is 0 Å². The fraction of sp³-hybridized carbons (Fsp3) is 0.444. The summed E-state index contributed by atoms with van der Waals surface area (Å²) in [5, 5.41) is 9.93. The van der Waals surface area contributed by atoms with Crippen LogP contribution in [0.25, 0.3) is 0 Å². The number of aromatic nitrogens is 3. The number of nitrogens with one attached hydrogen (secondary N) is 1. The van der Waals surface area contributed by atoms with E-state index in [0.717, 1.165) is 4.90 Å². The van der Waals surface area contributed by atoms with Gasteiger partial charge in [-0.3, -0.25) is 9.59 Å². The summed E-state index contributed by atoms with van der Waals surface area (Å²) in [6.45, 7) is -0.744. The average molecular weight is 409 g/mol. The largest absolute Gasteiger partial charge is 0.497 e. The standard InChI is InChI=1S/C18H21F2N5O4/c1-21-16(26)14-9-24(23-22-14)8-11-7-18(19,20)10-25(11)17(27)13-5-4-12(28-2)6-15(13)29-3/h4-6,9,11H,7-8,10H2,1-3H3,(H,21,26)/t11-/m0/s1. The molecule has 1 saturated heterocycles. The minimum Gasteiger partial charge on any atom is -0.497 e. The summed E-state index contributed by atoms with van der Waals surface area (Å²) in [6.07, 6.45) is 0.832. The van der Waals surface area contributed by atoms with Gasteiger partial charge in [0.05, 0.1) is 45.1 Å². The first-order valence-corrected chi connectivity index (χ1v) is 8.81. The van der Waals surface area contributed by atoms with E-state index in [1.165, 1.54) is 44.3 Å². The Balaban J connectivity index is 1.85. The van der Waals surface area contributed by atoms with E-state index < -0.39 is 36.7 Å². The molecular formula is C18H21F2N5O4. The van der Waals surface area contributed by atoms with Crippen LogP contribution in [-0.2, 0) is 6.54 Å². The monoisotopic (exact) mass is 409 g/mol. The number of hydrogen-bond donors (Lipinski definition) is 1. The lowest BCUT2D eigenvalue weighted by molar-refractivity contribution is 0.0117. The lowest BCUT2D eigenvalue weighted by Crippen LogP contribution is -2.39. The highest BCUT2D eigenvalue weighted by Gasteiger charge is 2.47. The maximum atomic E-state index is 14.2. The second-order valence-electron chi connectivity index (χ2n) is 6.62. The number of methoxy groups -OCH3 is 2. The highest BCUT2D eigenvalue weighted by molar-refractivity contribution is 5.97. The van der Waals surface area contributed by atoms with Crippen molar-refractivity contribution in [3.05, 3.63) is 35.7 Å². The molecule has 1 fully saturated rings. The van der Waals surface area contributed by atoms with E-state index in [9.17, 15) is 18.4 Å². The molecule has 0 saturated carbocycles. The minimum atomic E-state index is -3.04. The van der Waals surface area contributed by atoms with E-state index in [0.29, 0.717) is 5.75 Å². The summed E-state index contributed by atoms with van der Waals surface area (Å²) in [4.78, 5) is 25.8. The van der Waals surface area contributed by atoms with E-state index in [2.05, 4.69) is 15.6 Å². The van der Waals surface area contributed by atoms with Gasteiger partial charge in [-0.2, -0.15) is 0 Å².